The second kappa shape index (κ2) is 5.52. The summed E-state index contributed by atoms with van der Waals surface area (Å²) in [7, 11) is 0. The first-order chi connectivity index (χ1) is 9.35. The van der Waals surface area contributed by atoms with Crippen LogP contribution in [0.25, 0.3) is 0 Å². The molecule has 1 aliphatic heterocycles. The molecule has 108 valence electrons. The van der Waals surface area contributed by atoms with Crippen LogP contribution in [0.4, 0.5) is 18.9 Å². The molecule has 0 aliphatic carbocycles. The largest absolute Gasteiger partial charge is 0.545 e. The SMILES string of the molecule is O=C([O-])c1ccc(N2CCC(N=CC(F)(F)F)C2)cc1. The van der Waals surface area contributed by atoms with Crippen LogP contribution in [0.3, 0.4) is 0 Å². The van der Waals surface area contributed by atoms with Crippen LogP contribution in [0, 0.1) is 0 Å². The van der Waals surface area contributed by atoms with Gasteiger partial charge < -0.3 is 14.8 Å². The molecule has 1 saturated heterocycles. The molecule has 0 saturated carbocycles. The van der Waals surface area contributed by atoms with Gasteiger partial charge in [-0.2, -0.15) is 13.2 Å². The quantitative estimate of drug-likeness (QED) is 0.786. The van der Waals surface area contributed by atoms with E-state index in [2.05, 4.69) is 4.99 Å². The maximum absolute atomic E-state index is 12.0. The summed E-state index contributed by atoms with van der Waals surface area (Å²) < 4.78 is 36.1. The molecule has 0 N–H and O–H groups in total. The molecule has 1 heterocycles. The minimum absolute atomic E-state index is 0.0281. The summed E-state index contributed by atoms with van der Waals surface area (Å²) >= 11 is 0. The highest BCUT2D eigenvalue weighted by Crippen LogP contribution is 2.23. The minimum Gasteiger partial charge on any atom is -0.545 e. The van der Waals surface area contributed by atoms with Gasteiger partial charge in [-0.1, -0.05) is 12.1 Å². The van der Waals surface area contributed by atoms with Gasteiger partial charge in [0.15, 0.2) is 0 Å². The van der Waals surface area contributed by atoms with Crippen molar-refractivity contribution in [3.05, 3.63) is 29.8 Å². The Morgan fingerprint density at radius 1 is 1.35 bits per heavy atom. The fraction of sp³-hybridized carbons (Fsp3) is 0.385. The number of benzene rings is 1. The van der Waals surface area contributed by atoms with Gasteiger partial charge in [-0.3, -0.25) is 4.99 Å². The summed E-state index contributed by atoms with van der Waals surface area (Å²) in [5.41, 5.74) is 0.833. The number of carbonyl (C=O) groups is 1. The molecule has 0 bridgehead atoms. The third kappa shape index (κ3) is 3.72. The highest BCUT2D eigenvalue weighted by molar-refractivity contribution is 5.86. The van der Waals surface area contributed by atoms with E-state index in [0.29, 0.717) is 19.5 Å². The van der Waals surface area contributed by atoms with Crippen LogP contribution in [0.15, 0.2) is 29.3 Å². The molecular weight excluding hydrogens is 273 g/mol. The van der Waals surface area contributed by atoms with Gasteiger partial charge in [0.1, 0.15) is 6.21 Å². The summed E-state index contributed by atoms with van der Waals surface area (Å²) in [6, 6.07) is 5.66. The smallest absolute Gasteiger partial charge is 0.426 e. The number of hydrogen-bond acceptors (Lipinski definition) is 4. The number of aliphatic imine (C=N–C) groups is 1. The third-order valence-corrected chi connectivity index (χ3v) is 3.06. The van der Waals surface area contributed by atoms with E-state index in [1.54, 1.807) is 12.1 Å². The molecular formula is C13H12F3N2O2-. The van der Waals surface area contributed by atoms with Gasteiger partial charge in [0, 0.05) is 18.8 Å². The number of aromatic carboxylic acids is 1. The molecule has 1 aromatic rings. The van der Waals surface area contributed by atoms with Crippen molar-refractivity contribution in [1.29, 1.82) is 0 Å². The Bertz CT molecular complexity index is 511. The standard InChI is InChI=1S/C13H13F3N2O2/c14-13(15,16)8-17-10-5-6-18(7-10)11-3-1-9(2-4-11)12(19)20/h1-4,8,10H,5-7H2,(H,19,20)/p-1. The number of rotatable bonds is 3. The Kier molecular flexibility index (Phi) is 3.96. The average molecular weight is 285 g/mol. The number of carboxylic acids is 1. The minimum atomic E-state index is -4.39. The van der Waals surface area contributed by atoms with E-state index >= 15 is 0 Å². The number of carboxylic acid groups (broad SMARTS) is 1. The van der Waals surface area contributed by atoms with E-state index in [-0.39, 0.29) is 11.8 Å². The molecule has 1 aliphatic rings. The monoisotopic (exact) mass is 285 g/mol. The summed E-state index contributed by atoms with van der Waals surface area (Å²) in [6.45, 7) is 0.974. The van der Waals surface area contributed by atoms with Crippen molar-refractivity contribution < 1.29 is 23.1 Å². The van der Waals surface area contributed by atoms with Crippen LogP contribution < -0.4 is 10.0 Å². The molecule has 2 rings (SSSR count). The summed E-state index contributed by atoms with van der Waals surface area (Å²) in [6.07, 6.45) is -3.82. The number of anilines is 1. The molecule has 4 nitrogen and oxygen atoms in total. The van der Waals surface area contributed by atoms with E-state index in [9.17, 15) is 23.1 Å². The topological polar surface area (TPSA) is 55.7 Å². The van der Waals surface area contributed by atoms with E-state index in [1.807, 2.05) is 4.90 Å². The number of nitrogens with zero attached hydrogens (tertiary/aromatic N) is 2. The van der Waals surface area contributed by atoms with E-state index in [4.69, 9.17) is 0 Å². The van der Waals surface area contributed by atoms with Crippen LogP contribution in [0.5, 0.6) is 0 Å². The van der Waals surface area contributed by atoms with Crippen molar-refractivity contribution in [2.24, 2.45) is 4.99 Å². The highest BCUT2D eigenvalue weighted by Gasteiger charge is 2.27. The molecule has 0 spiro atoms. The normalized spacial score (nSPS) is 19.8. The third-order valence-electron chi connectivity index (χ3n) is 3.06. The average Bonchev–Trinajstić information content (AvgIpc) is 2.84. The predicted molar refractivity (Wildman–Crippen MR) is 65.9 cm³/mol. The van der Waals surface area contributed by atoms with Gasteiger partial charge in [-0.15, -0.1) is 0 Å². The highest BCUT2D eigenvalue weighted by atomic mass is 19.4. The summed E-state index contributed by atoms with van der Waals surface area (Å²) in [5.74, 6) is -1.26. The van der Waals surface area contributed by atoms with Crippen LogP contribution in [-0.4, -0.2) is 37.5 Å². The second-order valence-electron chi connectivity index (χ2n) is 4.54. The first-order valence-corrected chi connectivity index (χ1v) is 6.02. The fourth-order valence-corrected chi connectivity index (χ4v) is 2.10. The maximum atomic E-state index is 12.0. The van der Waals surface area contributed by atoms with Crippen LogP contribution >= 0.6 is 0 Å². The summed E-state index contributed by atoms with van der Waals surface area (Å²) in [4.78, 5) is 16.0. The molecule has 1 fully saturated rings. The van der Waals surface area contributed by atoms with Crippen LogP contribution in [0.2, 0.25) is 0 Å². The van der Waals surface area contributed by atoms with E-state index in [1.165, 1.54) is 12.1 Å². The van der Waals surface area contributed by atoms with Crippen LogP contribution in [0.1, 0.15) is 16.8 Å². The lowest BCUT2D eigenvalue weighted by atomic mass is 10.2. The van der Waals surface area contributed by atoms with Crippen molar-refractivity contribution in [3.63, 3.8) is 0 Å². The lowest BCUT2D eigenvalue weighted by molar-refractivity contribution is -0.255. The fourth-order valence-electron chi connectivity index (χ4n) is 2.10. The molecule has 1 aromatic carbocycles. The molecule has 0 radical (unpaired) electrons. The first kappa shape index (κ1) is 14.4. The zero-order chi connectivity index (χ0) is 14.8. The van der Waals surface area contributed by atoms with Crippen molar-refractivity contribution in [3.8, 4) is 0 Å². The Hall–Kier alpha value is -2.05. The van der Waals surface area contributed by atoms with Gasteiger partial charge in [0.25, 0.3) is 0 Å². The molecule has 0 aromatic heterocycles. The molecule has 1 atom stereocenters. The van der Waals surface area contributed by atoms with E-state index in [0.717, 1.165) is 5.69 Å². The maximum Gasteiger partial charge on any atom is 0.426 e. The Morgan fingerprint density at radius 2 is 2.00 bits per heavy atom. The first-order valence-electron chi connectivity index (χ1n) is 6.02. The predicted octanol–water partition coefficient (Wildman–Crippen LogP) is 1.26. The second-order valence-corrected chi connectivity index (χ2v) is 4.54. The number of alkyl halides is 3. The van der Waals surface area contributed by atoms with E-state index < -0.39 is 18.2 Å². The Morgan fingerprint density at radius 3 is 2.55 bits per heavy atom. The molecule has 20 heavy (non-hydrogen) atoms. The molecule has 7 heteroatoms. The van der Waals surface area contributed by atoms with Gasteiger partial charge >= 0.3 is 6.18 Å². The lowest BCUT2D eigenvalue weighted by Crippen LogP contribution is -2.23. The van der Waals surface area contributed by atoms with Gasteiger partial charge in [0.05, 0.1) is 12.0 Å². The van der Waals surface area contributed by atoms with Crippen molar-refractivity contribution >= 4 is 17.9 Å². The van der Waals surface area contributed by atoms with Crippen molar-refractivity contribution in [2.75, 3.05) is 18.0 Å². The Labute approximate surface area is 113 Å². The van der Waals surface area contributed by atoms with Gasteiger partial charge in [-0.05, 0) is 24.1 Å². The van der Waals surface area contributed by atoms with Gasteiger partial charge in [0.2, 0.25) is 0 Å². The van der Waals surface area contributed by atoms with Crippen molar-refractivity contribution in [1.82, 2.24) is 0 Å². The van der Waals surface area contributed by atoms with Gasteiger partial charge in [-0.25, -0.2) is 0 Å². The summed E-state index contributed by atoms with van der Waals surface area (Å²) in [5, 5.41) is 10.6. The zero-order valence-electron chi connectivity index (χ0n) is 10.4. The lowest BCUT2D eigenvalue weighted by Gasteiger charge is -2.18. The Balaban J connectivity index is 1.99. The molecule has 0 amide bonds. The zero-order valence-corrected chi connectivity index (χ0v) is 10.4. The van der Waals surface area contributed by atoms with Crippen LogP contribution in [-0.2, 0) is 0 Å². The number of halogens is 3. The number of carbonyl (C=O) groups excluding carboxylic acids is 1. The molecule has 1 unspecified atom stereocenters. The van der Waals surface area contributed by atoms with Crippen molar-refractivity contribution in [2.45, 2.75) is 18.6 Å². The number of hydrogen-bond donors (Lipinski definition) is 0.